The molecule has 0 aliphatic carbocycles. The number of benzene rings is 1. The van der Waals surface area contributed by atoms with Crippen molar-refractivity contribution in [2.45, 2.75) is 38.3 Å². The number of Topliss-reactive ketones (excluding diaryl/α,β-unsaturated/α-hetero) is 1. The molecule has 1 aromatic carbocycles. The molecule has 0 saturated carbocycles. The second-order valence-electron chi connectivity index (χ2n) is 4.51. The third-order valence-corrected chi connectivity index (χ3v) is 2.92. The van der Waals surface area contributed by atoms with Gasteiger partial charge in [-0.05, 0) is 37.5 Å². The molecule has 0 saturated heterocycles. The molecule has 0 aromatic heterocycles. The van der Waals surface area contributed by atoms with Crippen molar-refractivity contribution in [3.63, 3.8) is 0 Å². The van der Waals surface area contributed by atoms with Crippen molar-refractivity contribution < 1.29 is 13.9 Å². The van der Waals surface area contributed by atoms with Gasteiger partial charge in [-0.1, -0.05) is 12.1 Å². The number of methoxy groups -OCH3 is 1. The van der Waals surface area contributed by atoms with Gasteiger partial charge in [-0.15, -0.1) is 0 Å². The molecule has 1 aromatic rings. The fourth-order valence-electron chi connectivity index (χ4n) is 1.92. The number of nitrogens with two attached hydrogens (primary N) is 1. The van der Waals surface area contributed by atoms with Gasteiger partial charge in [0.2, 0.25) is 0 Å². The van der Waals surface area contributed by atoms with Crippen LogP contribution in [0.15, 0.2) is 24.3 Å². The van der Waals surface area contributed by atoms with Crippen LogP contribution >= 0.6 is 0 Å². The van der Waals surface area contributed by atoms with E-state index < -0.39 is 0 Å². The maximum Gasteiger partial charge on any atom is 0.129 e. The van der Waals surface area contributed by atoms with Gasteiger partial charge in [-0.25, -0.2) is 4.39 Å². The molecule has 2 atom stereocenters. The molecule has 18 heavy (non-hydrogen) atoms. The molecule has 0 bridgehead atoms. The van der Waals surface area contributed by atoms with Crippen LogP contribution in [0.5, 0.6) is 0 Å². The van der Waals surface area contributed by atoms with Crippen LogP contribution in [0, 0.1) is 5.82 Å². The lowest BCUT2D eigenvalue weighted by atomic mass is 9.98. The van der Waals surface area contributed by atoms with Crippen molar-refractivity contribution in [3.8, 4) is 0 Å². The highest BCUT2D eigenvalue weighted by Crippen LogP contribution is 2.12. The number of hydrogen-bond donors (Lipinski definition) is 1. The Morgan fingerprint density at radius 3 is 2.78 bits per heavy atom. The summed E-state index contributed by atoms with van der Waals surface area (Å²) in [7, 11) is 1.58. The van der Waals surface area contributed by atoms with Crippen LogP contribution in [0.2, 0.25) is 0 Å². The Morgan fingerprint density at radius 1 is 1.50 bits per heavy atom. The molecular formula is C14H20FNO2. The molecule has 0 aliphatic heterocycles. The standard InChI is InChI=1S/C14H20FNO2/c1-10(17)6-7-14(18-2)13(16)9-11-4-3-5-12(15)8-11/h3-5,8,13-14H,6-7,9,16H2,1-2H3/t13-,14-/m0/s1. The van der Waals surface area contributed by atoms with Crippen molar-refractivity contribution in [2.75, 3.05) is 7.11 Å². The van der Waals surface area contributed by atoms with Crippen LogP contribution in [0.3, 0.4) is 0 Å². The lowest BCUT2D eigenvalue weighted by Crippen LogP contribution is -2.38. The second-order valence-corrected chi connectivity index (χ2v) is 4.51. The van der Waals surface area contributed by atoms with Crippen molar-refractivity contribution in [1.29, 1.82) is 0 Å². The van der Waals surface area contributed by atoms with E-state index in [1.54, 1.807) is 20.1 Å². The lowest BCUT2D eigenvalue weighted by molar-refractivity contribution is -0.117. The van der Waals surface area contributed by atoms with E-state index in [4.69, 9.17) is 10.5 Å². The molecule has 0 heterocycles. The normalized spacial score (nSPS) is 14.2. The molecule has 100 valence electrons. The number of ketones is 1. The minimum Gasteiger partial charge on any atom is -0.380 e. The molecule has 0 fully saturated rings. The van der Waals surface area contributed by atoms with E-state index in [1.807, 2.05) is 6.07 Å². The number of carbonyl (C=O) groups is 1. The molecule has 0 radical (unpaired) electrons. The van der Waals surface area contributed by atoms with Crippen molar-refractivity contribution in [1.82, 2.24) is 0 Å². The van der Waals surface area contributed by atoms with Gasteiger partial charge in [0, 0.05) is 19.6 Å². The van der Waals surface area contributed by atoms with Gasteiger partial charge in [0.1, 0.15) is 11.6 Å². The summed E-state index contributed by atoms with van der Waals surface area (Å²) in [5.41, 5.74) is 6.88. The summed E-state index contributed by atoms with van der Waals surface area (Å²) in [5.74, 6) is -0.146. The van der Waals surface area contributed by atoms with Crippen LogP contribution < -0.4 is 5.73 Å². The average Bonchev–Trinajstić information content (AvgIpc) is 2.29. The largest absolute Gasteiger partial charge is 0.380 e. The Balaban J connectivity index is 2.56. The molecule has 0 aliphatic rings. The Bertz CT molecular complexity index is 395. The van der Waals surface area contributed by atoms with Crippen molar-refractivity contribution >= 4 is 5.78 Å². The predicted molar refractivity (Wildman–Crippen MR) is 68.8 cm³/mol. The minimum absolute atomic E-state index is 0.120. The number of ether oxygens (including phenoxy) is 1. The summed E-state index contributed by atoms with van der Waals surface area (Å²) in [6, 6.07) is 6.13. The Labute approximate surface area is 107 Å². The lowest BCUT2D eigenvalue weighted by Gasteiger charge is -2.22. The molecule has 1 rings (SSSR count). The molecule has 0 amide bonds. The number of rotatable bonds is 7. The van der Waals surface area contributed by atoms with E-state index in [-0.39, 0.29) is 23.7 Å². The van der Waals surface area contributed by atoms with Gasteiger partial charge in [-0.2, -0.15) is 0 Å². The van der Waals surface area contributed by atoms with Crippen LogP contribution in [0.1, 0.15) is 25.3 Å². The summed E-state index contributed by atoms with van der Waals surface area (Å²) in [6.07, 6.45) is 1.41. The summed E-state index contributed by atoms with van der Waals surface area (Å²) in [6.45, 7) is 1.55. The van der Waals surface area contributed by atoms with Gasteiger partial charge < -0.3 is 15.3 Å². The fraction of sp³-hybridized carbons (Fsp3) is 0.500. The topological polar surface area (TPSA) is 52.3 Å². The third kappa shape index (κ3) is 4.94. The molecular weight excluding hydrogens is 233 g/mol. The Morgan fingerprint density at radius 2 is 2.22 bits per heavy atom. The highest BCUT2D eigenvalue weighted by Gasteiger charge is 2.18. The van der Waals surface area contributed by atoms with E-state index in [0.29, 0.717) is 19.3 Å². The first kappa shape index (κ1) is 14.8. The Hall–Kier alpha value is -1.26. The highest BCUT2D eigenvalue weighted by atomic mass is 19.1. The van der Waals surface area contributed by atoms with E-state index in [2.05, 4.69) is 0 Å². The summed E-state index contributed by atoms with van der Waals surface area (Å²) < 4.78 is 18.3. The average molecular weight is 253 g/mol. The first-order valence-corrected chi connectivity index (χ1v) is 6.05. The zero-order valence-corrected chi connectivity index (χ0v) is 10.9. The zero-order chi connectivity index (χ0) is 13.5. The summed E-state index contributed by atoms with van der Waals surface area (Å²) in [4.78, 5) is 10.9. The maximum atomic E-state index is 13.0. The Kier molecular flexibility index (Phi) is 5.95. The number of halogens is 1. The van der Waals surface area contributed by atoms with Crippen molar-refractivity contribution in [2.24, 2.45) is 5.73 Å². The minimum atomic E-state index is -0.266. The van der Waals surface area contributed by atoms with Crippen molar-refractivity contribution in [3.05, 3.63) is 35.6 Å². The SMILES string of the molecule is CO[C@@H](CCC(C)=O)[C@@H](N)Cc1cccc(F)c1. The maximum absolute atomic E-state index is 13.0. The van der Waals surface area contributed by atoms with Gasteiger partial charge >= 0.3 is 0 Å². The zero-order valence-electron chi connectivity index (χ0n) is 10.9. The van der Waals surface area contributed by atoms with E-state index in [9.17, 15) is 9.18 Å². The summed E-state index contributed by atoms with van der Waals surface area (Å²) >= 11 is 0. The van der Waals surface area contributed by atoms with E-state index in [1.165, 1.54) is 12.1 Å². The van der Waals surface area contributed by atoms with Crippen LogP contribution in [0.4, 0.5) is 4.39 Å². The van der Waals surface area contributed by atoms with E-state index in [0.717, 1.165) is 5.56 Å². The second kappa shape index (κ2) is 7.24. The molecule has 2 N–H and O–H groups in total. The number of hydrogen-bond acceptors (Lipinski definition) is 3. The summed E-state index contributed by atoms with van der Waals surface area (Å²) in [5, 5.41) is 0. The van der Waals surface area contributed by atoms with Gasteiger partial charge in [-0.3, -0.25) is 0 Å². The first-order chi connectivity index (χ1) is 8.52. The van der Waals surface area contributed by atoms with Crippen LogP contribution in [0.25, 0.3) is 0 Å². The predicted octanol–water partition coefficient (Wildman–Crippen LogP) is 2.08. The van der Waals surface area contributed by atoms with Crippen LogP contribution in [-0.4, -0.2) is 25.0 Å². The number of carbonyl (C=O) groups excluding carboxylic acids is 1. The highest BCUT2D eigenvalue weighted by molar-refractivity contribution is 5.75. The first-order valence-electron chi connectivity index (χ1n) is 6.05. The molecule has 0 unspecified atom stereocenters. The van der Waals surface area contributed by atoms with Gasteiger partial charge in [0.25, 0.3) is 0 Å². The molecule has 4 heteroatoms. The van der Waals surface area contributed by atoms with Crippen LogP contribution in [-0.2, 0) is 16.0 Å². The van der Waals surface area contributed by atoms with Gasteiger partial charge in [0.15, 0.2) is 0 Å². The van der Waals surface area contributed by atoms with E-state index >= 15 is 0 Å². The quantitative estimate of drug-likeness (QED) is 0.809. The third-order valence-electron chi connectivity index (χ3n) is 2.92. The fourth-order valence-corrected chi connectivity index (χ4v) is 1.92. The molecule has 3 nitrogen and oxygen atoms in total. The smallest absolute Gasteiger partial charge is 0.129 e. The van der Waals surface area contributed by atoms with Gasteiger partial charge in [0.05, 0.1) is 6.10 Å². The molecule has 0 spiro atoms. The monoisotopic (exact) mass is 253 g/mol.